The second-order valence-electron chi connectivity index (χ2n) is 5.63. The molecule has 136 valence electrons. The van der Waals surface area contributed by atoms with Gasteiger partial charge in [-0.15, -0.1) is 0 Å². The van der Waals surface area contributed by atoms with E-state index in [1.54, 1.807) is 6.07 Å². The van der Waals surface area contributed by atoms with Crippen molar-refractivity contribution in [2.45, 2.75) is 12.7 Å². The van der Waals surface area contributed by atoms with Crippen LogP contribution >= 0.6 is 15.9 Å². The van der Waals surface area contributed by atoms with Gasteiger partial charge in [-0.3, -0.25) is 0 Å². The van der Waals surface area contributed by atoms with E-state index in [0.717, 1.165) is 12.3 Å². The normalized spacial score (nSPS) is 15.0. The average Bonchev–Trinajstić information content (AvgIpc) is 2.47. The summed E-state index contributed by atoms with van der Waals surface area (Å²) in [5.41, 5.74) is -0.202. The summed E-state index contributed by atoms with van der Waals surface area (Å²) in [5.74, 6) is -0.779. The van der Waals surface area contributed by atoms with E-state index in [1.807, 2.05) is 0 Å². The summed E-state index contributed by atoms with van der Waals surface area (Å²) in [7, 11) is -4.30. The first-order chi connectivity index (χ1) is 11.4. The fourth-order valence-corrected chi connectivity index (χ4v) is 4.17. The minimum Gasteiger partial charge on any atom is -0.206 e. The summed E-state index contributed by atoms with van der Waals surface area (Å²) in [5, 5.41) is 0. The minimum atomic E-state index is -4.77. The molecule has 0 aliphatic carbocycles. The molecule has 0 radical (unpaired) electrons. The number of rotatable bonds is 5. The van der Waals surface area contributed by atoms with Crippen molar-refractivity contribution in [3.05, 3.63) is 64.4 Å². The van der Waals surface area contributed by atoms with Crippen LogP contribution in [0.4, 0.5) is 23.2 Å². The Morgan fingerprint density at radius 1 is 1.08 bits per heavy atom. The monoisotopic (exact) mass is 440 g/mol. The summed E-state index contributed by atoms with van der Waals surface area (Å²) in [6.45, 7) is -2.34. The van der Waals surface area contributed by atoms with Crippen LogP contribution < -0.4 is 3.89 Å². The van der Waals surface area contributed by atoms with Crippen molar-refractivity contribution in [2.24, 2.45) is 0 Å². The van der Waals surface area contributed by atoms with Gasteiger partial charge >= 0.3 is 6.18 Å². The van der Waals surface area contributed by atoms with Gasteiger partial charge in [-0.2, -0.15) is 25.5 Å². The zero-order chi connectivity index (χ0) is 18.9. The van der Waals surface area contributed by atoms with Gasteiger partial charge in [-0.1, -0.05) is 34.1 Å². The van der Waals surface area contributed by atoms with Crippen LogP contribution in [0, 0.1) is 5.82 Å². The summed E-state index contributed by atoms with van der Waals surface area (Å²) >= 11 is 3.07. The molecule has 9 heteroatoms. The third-order valence-corrected chi connectivity index (χ3v) is 5.97. The van der Waals surface area contributed by atoms with Gasteiger partial charge in [-0.05, 0) is 18.2 Å². The largest absolute Gasteiger partial charge is 0.439 e. The Bertz CT molecular complexity index is 856. The molecule has 1 unspecified atom stereocenters. The molecule has 0 aromatic heterocycles. The number of sulfonamides is 1. The number of hydrogen-bond acceptors (Lipinski definition) is 2. The lowest BCUT2D eigenvalue weighted by molar-refractivity contribution is -0.135. The SMILES string of the molecule is CS(=O)(=O)[N+](Cc1ccc(Br)cc1F)(CC(F)(F)F)c1ccccc1. The van der Waals surface area contributed by atoms with Crippen LogP contribution in [0.5, 0.6) is 0 Å². The number of halogens is 5. The molecule has 0 bridgehead atoms. The van der Waals surface area contributed by atoms with Crippen molar-refractivity contribution < 1.29 is 26.0 Å². The van der Waals surface area contributed by atoms with Crippen molar-refractivity contribution in [3.8, 4) is 0 Å². The maximum absolute atomic E-state index is 14.2. The zero-order valence-corrected chi connectivity index (χ0v) is 15.5. The summed E-state index contributed by atoms with van der Waals surface area (Å²) in [6, 6.07) is 10.9. The number of quaternary nitrogens is 1. The third-order valence-electron chi connectivity index (χ3n) is 3.74. The molecule has 0 saturated carbocycles. The number of nitrogens with zero attached hydrogens (tertiary/aromatic N) is 1. The highest BCUT2D eigenvalue weighted by Crippen LogP contribution is 2.35. The van der Waals surface area contributed by atoms with Crippen LogP contribution in [0.15, 0.2) is 53.0 Å². The minimum absolute atomic E-state index is 0.0790. The molecular formula is C16H15BrF4NO2S+. The van der Waals surface area contributed by atoms with Gasteiger partial charge in [-0.25, -0.2) is 4.39 Å². The molecule has 0 N–H and O–H groups in total. The molecular weight excluding hydrogens is 426 g/mol. The Balaban J connectivity index is 2.69. The first kappa shape index (κ1) is 19.9. The second kappa shape index (κ2) is 7.05. The third kappa shape index (κ3) is 4.59. The lowest BCUT2D eigenvalue weighted by Gasteiger charge is -2.35. The highest BCUT2D eigenvalue weighted by atomic mass is 79.9. The predicted molar refractivity (Wildman–Crippen MR) is 91.8 cm³/mol. The Morgan fingerprint density at radius 2 is 1.68 bits per heavy atom. The van der Waals surface area contributed by atoms with E-state index in [1.165, 1.54) is 36.4 Å². The summed E-state index contributed by atoms with van der Waals surface area (Å²) in [6.07, 6.45) is -4.05. The van der Waals surface area contributed by atoms with E-state index < -0.39 is 39.0 Å². The van der Waals surface area contributed by atoms with E-state index in [2.05, 4.69) is 15.9 Å². The molecule has 1 atom stereocenters. The lowest BCUT2D eigenvalue weighted by atomic mass is 10.1. The van der Waals surface area contributed by atoms with Crippen LogP contribution in [-0.2, 0) is 16.6 Å². The quantitative estimate of drug-likeness (QED) is 0.502. The highest BCUT2D eigenvalue weighted by molar-refractivity contribution is 9.10. The van der Waals surface area contributed by atoms with E-state index in [9.17, 15) is 26.0 Å². The van der Waals surface area contributed by atoms with E-state index in [0.29, 0.717) is 4.47 Å². The smallest absolute Gasteiger partial charge is 0.206 e. The maximum Gasteiger partial charge on any atom is 0.439 e. The molecule has 0 heterocycles. The maximum atomic E-state index is 14.2. The number of hydrogen-bond donors (Lipinski definition) is 0. The average molecular weight is 441 g/mol. The van der Waals surface area contributed by atoms with Gasteiger partial charge in [0.2, 0.25) is 0 Å². The molecule has 0 spiro atoms. The molecule has 0 aliphatic rings. The van der Waals surface area contributed by atoms with Crippen molar-refractivity contribution in [1.82, 2.24) is 3.89 Å². The molecule has 0 saturated heterocycles. The van der Waals surface area contributed by atoms with Gasteiger partial charge in [0.15, 0.2) is 6.54 Å². The number of alkyl halides is 3. The standard InChI is InChI=1S/C16H15BrF4NO2S/c1-25(23,24)22(11-16(19,20)21,14-5-3-2-4-6-14)10-12-7-8-13(17)9-15(12)18/h2-9H,10-11H2,1H3/q+1. The molecule has 0 amide bonds. The topological polar surface area (TPSA) is 34.1 Å². The Kier molecular flexibility index (Phi) is 5.60. The van der Waals surface area contributed by atoms with Crippen molar-refractivity contribution >= 4 is 31.6 Å². The lowest BCUT2D eigenvalue weighted by Crippen LogP contribution is -2.57. The second-order valence-corrected chi connectivity index (χ2v) is 8.71. The Labute approximate surface area is 151 Å². The molecule has 0 fully saturated rings. The first-order valence-electron chi connectivity index (χ1n) is 7.08. The highest BCUT2D eigenvalue weighted by Gasteiger charge is 2.50. The molecule has 2 aromatic rings. The van der Waals surface area contributed by atoms with E-state index in [-0.39, 0.29) is 11.3 Å². The van der Waals surface area contributed by atoms with Gasteiger partial charge in [0.25, 0.3) is 10.0 Å². The van der Waals surface area contributed by atoms with Crippen LogP contribution in [0.25, 0.3) is 0 Å². The van der Waals surface area contributed by atoms with E-state index in [4.69, 9.17) is 0 Å². The Hall–Kier alpha value is -1.45. The van der Waals surface area contributed by atoms with Crippen LogP contribution in [0.3, 0.4) is 0 Å². The van der Waals surface area contributed by atoms with Crippen LogP contribution in [-0.4, -0.2) is 27.4 Å². The summed E-state index contributed by atoms with van der Waals surface area (Å²) < 4.78 is 77.8. The Morgan fingerprint density at radius 3 is 2.16 bits per heavy atom. The fourth-order valence-electron chi connectivity index (χ4n) is 2.58. The molecule has 2 aromatic carbocycles. The van der Waals surface area contributed by atoms with Gasteiger partial charge in [0.1, 0.15) is 18.0 Å². The van der Waals surface area contributed by atoms with Gasteiger partial charge < -0.3 is 0 Å². The van der Waals surface area contributed by atoms with Gasteiger partial charge in [0.05, 0.1) is 6.26 Å². The van der Waals surface area contributed by atoms with Crippen molar-refractivity contribution in [1.29, 1.82) is 0 Å². The molecule has 3 nitrogen and oxygen atoms in total. The van der Waals surface area contributed by atoms with Crippen LogP contribution in [0.1, 0.15) is 5.56 Å². The first-order valence-corrected chi connectivity index (χ1v) is 9.72. The van der Waals surface area contributed by atoms with Gasteiger partial charge in [0, 0.05) is 22.2 Å². The molecule has 0 aliphatic heterocycles. The molecule has 2 rings (SSSR count). The predicted octanol–water partition coefficient (Wildman–Crippen LogP) is 4.62. The zero-order valence-electron chi connectivity index (χ0n) is 13.1. The van der Waals surface area contributed by atoms with E-state index >= 15 is 0 Å². The fraction of sp³-hybridized carbons (Fsp3) is 0.250. The number of para-hydroxylation sites is 1. The van der Waals surface area contributed by atoms with Crippen LogP contribution in [0.2, 0.25) is 0 Å². The summed E-state index contributed by atoms with van der Waals surface area (Å²) in [4.78, 5) is 0. The number of benzene rings is 2. The molecule has 25 heavy (non-hydrogen) atoms. The van der Waals surface area contributed by atoms with Crippen molar-refractivity contribution in [3.63, 3.8) is 0 Å². The van der Waals surface area contributed by atoms with Crippen molar-refractivity contribution in [2.75, 3.05) is 12.8 Å².